The maximum absolute atomic E-state index is 11.3. The van der Waals surface area contributed by atoms with Crippen LogP contribution in [-0.4, -0.2) is 55.9 Å². The van der Waals surface area contributed by atoms with Crippen LogP contribution in [0.15, 0.2) is 0 Å². The second kappa shape index (κ2) is 7.44. The third-order valence-corrected chi connectivity index (χ3v) is 2.00. The highest BCUT2D eigenvalue weighted by Gasteiger charge is 2.18. The van der Waals surface area contributed by atoms with E-state index in [0.717, 1.165) is 0 Å². The average molecular weight is 247 g/mol. The molecule has 0 bridgehead atoms. The van der Waals surface area contributed by atoms with E-state index in [-0.39, 0.29) is 12.5 Å². The van der Waals surface area contributed by atoms with E-state index in [2.05, 4.69) is 20.7 Å². The molecule has 0 aromatic heterocycles. The molecular formula is C9H17N3O5. The maximum Gasteiger partial charge on any atom is 0.334 e. The van der Waals surface area contributed by atoms with Gasteiger partial charge in [-0.05, 0) is 6.92 Å². The number of hydrogen-bond donors (Lipinski definition) is 4. The zero-order chi connectivity index (χ0) is 13.4. The fourth-order valence-corrected chi connectivity index (χ4v) is 0.987. The van der Waals surface area contributed by atoms with Gasteiger partial charge in [0.1, 0.15) is 6.04 Å². The molecule has 0 aliphatic carbocycles. The molecule has 0 saturated carbocycles. The molecule has 8 heteroatoms. The minimum atomic E-state index is -1.17. The molecule has 0 saturated heterocycles. The van der Waals surface area contributed by atoms with E-state index in [9.17, 15) is 14.4 Å². The van der Waals surface area contributed by atoms with Gasteiger partial charge in [-0.15, -0.1) is 0 Å². The lowest BCUT2D eigenvalue weighted by molar-refractivity contribution is -0.148. The first-order valence-electron chi connectivity index (χ1n) is 4.94. The van der Waals surface area contributed by atoms with Gasteiger partial charge in [0, 0.05) is 14.2 Å². The Morgan fingerprint density at radius 2 is 1.94 bits per heavy atom. The number of aliphatic carboxylic acids is 1. The van der Waals surface area contributed by atoms with E-state index >= 15 is 0 Å². The van der Waals surface area contributed by atoms with Crippen molar-refractivity contribution < 1.29 is 24.2 Å². The van der Waals surface area contributed by atoms with Crippen LogP contribution in [0.4, 0.5) is 4.79 Å². The summed E-state index contributed by atoms with van der Waals surface area (Å²) in [6, 6.07) is -1.34. The molecule has 4 N–H and O–H groups in total. The summed E-state index contributed by atoms with van der Waals surface area (Å²) in [6.07, 6.45) is -1.11. The van der Waals surface area contributed by atoms with Crippen molar-refractivity contribution in [3.63, 3.8) is 0 Å². The second-order valence-corrected chi connectivity index (χ2v) is 3.25. The Hall–Kier alpha value is -1.83. The van der Waals surface area contributed by atoms with Crippen LogP contribution in [0.2, 0.25) is 0 Å². The zero-order valence-corrected chi connectivity index (χ0v) is 9.94. The number of likely N-dealkylation sites (N-methyl/N-ethyl adjacent to an activating group) is 1. The Labute approximate surface area is 98.7 Å². The van der Waals surface area contributed by atoms with E-state index in [0.29, 0.717) is 0 Å². The molecule has 0 radical (unpaired) electrons. The van der Waals surface area contributed by atoms with Crippen LogP contribution in [0.3, 0.4) is 0 Å². The van der Waals surface area contributed by atoms with Crippen molar-refractivity contribution in [1.29, 1.82) is 0 Å². The lowest BCUT2D eigenvalue weighted by Crippen LogP contribution is -2.49. The quantitative estimate of drug-likeness (QED) is 0.456. The Balaban J connectivity index is 4.02. The summed E-state index contributed by atoms with van der Waals surface area (Å²) >= 11 is 0. The van der Waals surface area contributed by atoms with Crippen LogP contribution in [-0.2, 0) is 14.3 Å². The highest BCUT2D eigenvalue weighted by molar-refractivity contribution is 5.86. The van der Waals surface area contributed by atoms with Crippen molar-refractivity contribution in [1.82, 2.24) is 16.0 Å². The molecule has 3 amide bonds. The number of carbonyl (C=O) groups excluding carboxylic acids is 2. The summed E-state index contributed by atoms with van der Waals surface area (Å²) in [4.78, 5) is 32.9. The molecule has 2 unspecified atom stereocenters. The van der Waals surface area contributed by atoms with Gasteiger partial charge in [0.2, 0.25) is 5.91 Å². The number of urea groups is 1. The molecule has 8 nitrogen and oxygen atoms in total. The normalized spacial score (nSPS) is 13.4. The van der Waals surface area contributed by atoms with Crippen molar-refractivity contribution in [2.75, 3.05) is 20.7 Å². The van der Waals surface area contributed by atoms with E-state index < -0.39 is 24.1 Å². The molecule has 0 aliphatic rings. The predicted molar refractivity (Wildman–Crippen MR) is 58.5 cm³/mol. The summed E-state index contributed by atoms with van der Waals surface area (Å²) in [5, 5.41) is 15.6. The lowest BCUT2D eigenvalue weighted by atomic mass is 10.3. The average Bonchev–Trinajstić information content (AvgIpc) is 2.28. The fourth-order valence-electron chi connectivity index (χ4n) is 0.987. The molecule has 0 heterocycles. The summed E-state index contributed by atoms with van der Waals surface area (Å²) in [5.74, 6) is -1.52. The van der Waals surface area contributed by atoms with Crippen molar-refractivity contribution >= 4 is 17.9 Å². The molecule has 0 aromatic rings. The van der Waals surface area contributed by atoms with Crippen molar-refractivity contribution in [3.05, 3.63) is 0 Å². The number of carbonyl (C=O) groups is 3. The first-order chi connectivity index (χ1) is 7.92. The van der Waals surface area contributed by atoms with Gasteiger partial charge >= 0.3 is 12.0 Å². The molecule has 98 valence electrons. The summed E-state index contributed by atoms with van der Waals surface area (Å²) in [5.41, 5.74) is 0. The first-order valence-corrected chi connectivity index (χ1v) is 4.94. The minimum absolute atomic E-state index is 0.182. The number of carboxylic acids is 1. The number of amides is 3. The van der Waals surface area contributed by atoms with Gasteiger partial charge in [0.25, 0.3) is 0 Å². The molecule has 2 atom stereocenters. The Bertz CT molecular complexity index is 294. The highest BCUT2D eigenvalue weighted by atomic mass is 16.5. The number of carboxylic acid groups (broad SMARTS) is 1. The number of nitrogens with one attached hydrogen (secondary N) is 3. The fraction of sp³-hybridized carbons (Fsp3) is 0.667. The summed E-state index contributed by atoms with van der Waals surface area (Å²) in [6.45, 7) is 1.32. The Morgan fingerprint density at radius 3 is 2.35 bits per heavy atom. The van der Waals surface area contributed by atoms with Crippen LogP contribution in [0.1, 0.15) is 6.92 Å². The van der Waals surface area contributed by atoms with Crippen LogP contribution >= 0.6 is 0 Å². The Morgan fingerprint density at radius 1 is 1.35 bits per heavy atom. The van der Waals surface area contributed by atoms with Crippen molar-refractivity contribution in [2.45, 2.75) is 19.1 Å². The van der Waals surface area contributed by atoms with Gasteiger partial charge in [-0.25, -0.2) is 9.59 Å². The summed E-state index contributed by atoms with van der Waals surface area (Å²) < 4.78 is 4.61. The SMILES string of the molecule is CNC(=O)C(C)NC(=O)NCC(OC)C(=O)O. The van der Waals surface area contributed by atoms with Crippen LogP contribution < -0.4 is 16.0 Å². The molecule has 0 aliphatic heterocycles. The monoisotopic (exact) mass is 247 g/mol. The van der Waals surface area contributed by atoms with Crippen LogP contribution in [0.25, 0.3) is 0 Å². The third-order valence-electron chi connectivity index (χ3n) is 2.00. The maximum atomic E-state index is 11.3. The number of methoxy groups -OCH3 is 1. The molecule has 0 aromatic carbocycles. The second-order valence-electron chi connectivity index (χ2n) is 3.25. The van der Waals surface area contributed by atoms with E-state index in [4.69, 9.17) is 5.11 Å². The van der Waals surface area contributed by atoms with E-state index in [1.165, 1.54) is 21.1 Å². The van der Waals surface area contributed by atoms with Crippen molar-refractivity contribution in [3.8, 4) is 0 Å². The van der Waals surface area contributed by atoms with Crippen LogP contribution in [0, 0.1) is 0 Å². The number of rotatable bonds is 6. The van der Waals surface area contributed by atoms with Gasteiger partial charge in [-0.2, -0.15) is 0 Å². The summed E-state index contributed by atoms with van der Waals surface area (Å²) in [7, 11) is 2.68. The largest absolute Gasteiger partial charge is 0.479 e. The Kier molecular flexibility index (Phi) is 6.64. The van der Waals surface area contributed by atoms with E-state index in [1.54, 1.807) is 0 Å². The van der Waals surface area contributed by atoms with Gasteiger partial charge in [0.15, 0.2) is 6.10 Å². The van der Waals surface area contributed by atoms with Crippen LogP contribution in [0.5, 0.6) is 0 Å². The number of hydrogen-bond acceptors (Lipinski definition) is 4. The predicted octanol–water partition coefficient (Wildman–Crippen LogP) is -1.48. The number of ether oxygens (including phenoxy) is 1. The molecule has 0 spiro atoms. The van der Waals surface area contributed by atoms with Gasteiger partial charge < -0.3 is 25.8 Å². The first kappa shape index (κ1) is 15.2. The van der Waals surface area contributed by atoms with Gasteiger partial charge in [-0.1, -0.05) is 0 Å². The zero-order valence-electron chi connectivity index (χ0n) is 9.94. The topological polar surface area (TPSA) is 117 Å². The lowest BCUT2D eigenvalue weighted by Gasteiger charge is -2.15. The molecule has 0 rings (SSSR count). The van der Waals surface area contributed by atoms with Crippen molar-refractivity contribution in [2.24, 2.45) is 0 Å². The molecule has 17 heavy (non-hydrogen) atoms. The molecular weight excluding hydrogens is 230 g/mol. The van der Waals surface area contributed by atoms with E-state index in [1.807, 2.05) is 0 Å². The van der Waals surface area contributed by atoms with Gasteiger partial charge in [0.05, 0.1) is 6.54 Å². The standard InChI is InChI=1S/C9H17N3O5/c1-5(7(13)10-2)12-9(16)11-4-6(17-3)8(14)15/h5-6H,4H2,1-3H3,(H,10,13)(H,14,15)(H2,11,12,16). The molecule has 0 fully saturated rings. The minimum Gasteiger partial charge on any atom is -0.479 e. The third kappa shape index (κ3) is 5.71. The highest BCUT2D eigenvalue weighted by Crippen LogP contribution is 1.88. The smallest absolute Gasteiger partial charge is 0.334 e. The van der Waals surface area contributed by atoms with Gasteiger partial charge in [-0.3, -0.25) is 4.79 Å².